The van der Waals surface area contributed by atoms with Gasteiger partial charge in [-0.1, -0.05) is 47.9 Å². The van der Waals surface area contributed by atoms with Crippen molar-refractivity contribution in [3.8, 4) is 5.75 Å². The van der Waals surface area contributed by atoms with Crippen LogP contribution in [-0.2, 0) is 10.3 Å². The van der Waals surface area contributed by atoms with Gasteiger partial charge < -0.3 is 10.5 Å². The summed E-state index contributed by atoms with van der Waals surface area (Å²) >= 11 is 0. The molecule has 2 heterocycles. The molecule has 2 aliphatic rings. The highest BCUT2D eigenvalue weighted by Crippen LogP contribution is 2.49. The van der Waals surface area contributed by atoms with E-state index >= 15 is 0 Å². The van der Waals surface area contributed by atoms with Crippen LogP contribution >= 0.6 is 0 Å². The topological polar surface area (TPSA) is 67.9 Å². The molecule has 2 atom stereocenters. The molecule has 0 saturated carbocycles. The maximum absolute atomic E-state index is 13.2. The van der Waals surface area contributed by atoms with Gasteiger partial charge in [-0.25, -0.2) is 4.99 Å². The first-order chi connectivity index (χ1) is 13.2. The van der Waals surface area contributed by atoms with Crippen molar-refractivity contribution in [3.63, 3.8) is 0 Å². The average Bonchev–Trinajstić information content (AvgIpc) is 2.86. The first kappa shape index (κ1) is 18.4. The van der Waals surface area contributed by atoms with Crippen LogP contribution in [0.5, 0.6) is 5.75 Å². The molecule has 2 aromatic carbocycles. The Bertz CT molecular complexity index is 965. The summed E-state index contributed by atoms with van der Waals surface area (Å²) < 4.78 is 45.0. The van der Waals surface area contributed by atoms with Gasteiger partial charge in [0.15, 0.2) is 11.5 Å². The van der Waals surface area contributed by atoms with E-state index in [1.54, 1.807) is 12.1 Å². The largest absolute Gasteiger partial charge is 0.485 e. The Hall–Kier alpha value is -2.97. The van der Waals surface area contributed by atoms with E-state index < -0.39 is 36.2 Å². The van der Waals surface area contributed by atoms with Gasteiger partial charge in [0.2, 0.25) is 0 Å². The monoisotopic (exact) mass is 387 g/mol. The van der Waals surface area contributed by atoms with Crippen LogP contribution in [0.3, 0.4) is 0 Å². The number of nitrogens with two attached hydrogens (primary N) is 1. The third kappa shape index (κ3) is 3.00. The Morgan fingerprint density at radius 2 is 1.96 bits per heavy atom. The number of hydrogen-bond acceptors (Lipinski definition) is 4. The minimum absolute atomic E-state index is 0.0708. The Morgan fingerprint density at radius 3 is 2.64 bits per heavy atom. The first-order valence-electron chi connectivity index (χ1n) is 8.76. The number of carbonyl (C=O) groups excluding carboxylic acids is 1. The van der Waals surface area contributed by atoms with Crippen molar-refractivity contribution in [3.05, 3.63) is 59.7 Å². The zero-order valence-electron chi connectivity index (χ0n) is 15.0. The van der Waals surface area contributed by atoms with Crippen molar-refractivity contribution in [1.29, 1.82) is 0 Å². The van der Waals surface area contributed by atoms with Gasteiger partial charge in [-0.05, 0) is 11.6 Å². The van der Waals surface area contributed by atoms with E-state index in [2.05, 4.69) is 4.99 Å². The number of halogens is 3. The second kappa shape index (κ2) is 6.29. The zero-order chi connectivity index (χ0) is 20.1. The van der Waals surface area contributed by atoms with Crippen molar-refractivity contribution >= 4 is 25.2 Å². The molecule has 0 fully saturated rings. The van der Waals surface area contributed by atoms with Gasteiger partial charge in [-0.2, -0.15) is 13.2 Å². The predicted octanol–water partition coefficient (Wildman–Crippen LogP) is 1.38. The second-order valence-corrected chi connectivity index (χ2v) is 7.06. The number of rotatable bonds is 2. The van der Waals surface area contributed by atoms with Crippen molar-refractivity contribution < 1.29 is 22.7 Å². The molecular weight excluding hydrogens is 370 g/mol. The van der Waals surface area contributed by atoms with E-state index in [0.717, 1.165) is 11.0 Å². The first-order valence-corrected chi connectivity index (χ1v) is 8.76. The summed E-state index contributed by atoms with van der Waals surface area (Å²) in [5.41, 5.74) is 6.34. The highest BCUT2D eigenvalue weighted by molar-refractivity contribution is 6.32. The summed E-state index contributed by atoms with van der Waals surface area (Å²) in [5.74, 6) is -0.786. The van der Waals surface area contributed by atoms with Crippen LogP contribution < -0.4 is 15.9 Å². The third-order valence-corrected chi connectivity index (χ3v) is 5.02. The molecule has 1 amide bonds. The molecule has 0 aromatic heterocycles. The summed E-state index contributed by atoms with van der Waals surface area (Å²) in [7, 11) is 1.83. The summed E-state index contributed by atoms with van der Waals surface area (Å²) in [4.78, 5) is 18.0. The highest BCUT2D eigenvalue weighted by atomic mass is 19.4. The molecule has 2 unspecified atom stereocenters. The average molecular weight is 387 g/mol. The van der Waals surface area contributed by atoms with Crippen LogP contribution in [0, 0.1) is 0 Å². The van der Waals surface area contributed by atoms with Crippen LogP contribution in [0.25, 0.3) is 0 Å². The highest BCUT2D eigenvalue weighted by Gasteiger charge is 2.56. The fourth-order valence-corrected chi connectivity index (χ4v) is 3.77. The number of guanidine groups is 1. The van der Waals surface area contributed by atoms with Gasteiger partial charge in [0.1, 0.15) is 26.2 Å². The lowest BCUT2D eigenvalue weighted by Gasteiger charge is -2.37. The predicted molar refractivity (Wildman–Crippen MR) is 100 cm³/mol. The lowest BCUT2D eigenvalue weighted by molar-refractivity contribution is -0.155. The number of amides is 1. The van der Waals surface area contributed by atoms with Gasteiger partial charge in [0.05, 0.1) is 0 Å². The standard InChI is InChI=1S/C19H17BF3N3O2/c20-12-6-7-14-13(8-12)18(9-15(28-14)11-4-2-1-3-5-11)16(27)26(17(24)25-18)10-19(21,22)23/h1-8,15H,9-10,20H2,(H2,24,25). The second-order valence-electron chi connectivity index (χ2n) is 7.06. The summed E-state index contributed by atoms with van der Waals surface area (Å²) in [6.45, 7) is -1.47. The van der Waals surface area contributed by atoms with Crippen molar-refractivity contribution in [2.75, 3.05) is 6.54 Å². The molecule has 1 spiro atoms. The molecule has 0 radical (unpaired) electrons. The van der Waals surface area contributed by atoms with Crippen LogP contribution in [0.4, 0.5) is 13.2 Å². The van der Waals surface area contributed by atoms with Gasteiger partial charge >= 0.3 is 6.18 Å². The summed E-state index contributed by atoms with van der Waals surface area (Å²) in [6, 6.07) is 14.5. The van der Waals surface area contributed by atoms with Gasteiger partial charge in [0, 0.05) is 12.0 Å². The van der Waals surface area contributed by atoms with Gasteiger partial charge in [-0.15, -0.1) is 0 Å². The van der Waals surface area contributed by atoms with Crippen molar-refractivity contribution in [2.45, 2.75) is 24.2 Å². The van der Waals surface area contributed by atoms with E-state index in [9.17, 15) is 18.0 Å². The molecule has 0 saturated heterocycles. The molecule has 2 aliphatic heterocycles. The Morgan fingerprint density at radius 1 is 1.25 bits per heavy atom. The molecule has 0 bridgehead atoms. The Kier molecular flexibility index (Phi) is 4.13. The molecule has 0 aliphatic carbocycles. The number of ether oxygens (including phenoxy) is 1. The number of carbonyl (C=O) groups is 1. The van der Waals surface area contributed by atoms with Gasteiger partial charge in [-0.3, -0.25) is 9.69 Å². The third-order valence-electron chi connectivity index (χ3n) is 5.02. The number of hydrogen-bond donors (Lipinski definition) is 1. The normalized spacial score (nSPS) is 24.1. The fourth-order valence-electron chi connectivity index (χ4n) is 3.77. The van der Waals surface area contributed by atoms with Crippen LogP contribution in [0.2, 0.25) is 0 Å². The lowest BCUT2D eigenvalue weighted by Crippen LogP contribution is -2.48. The van der Waals surface area contributed by atoms with E-state index in [1.165, 1.54) is 0 Å². The van der Waals surface area contributed by atoms with Crippen LogP contribution in [-0.4, -0.2) is 37.3 Å². The van der Waals surface area contributed by atoms with E-state index in [0.29, 0.717) is 16.2 Å². The molecular formula is C19H17BF3N3O2. The van der Waals surface area contributed by atoms with Crippen molar-refractivity contribution in [1.82, 2.24) is 4.90 Å². The fraction of sp³-hybridized carbons (Fsp3) is 0.263. The minimum Gasteiger partial charge on any atom is -0.485 e. The quantitative estimate of drug-likeness (QED) is 0.792. The lowest BCUT2D eigenvalue weighted by atomic mass is 9.78. The molecule has 2 N–H and O–H groups in total. The minimum atomic E-state index is -4.58. The Balaban J connectivity index is 1.83. The zero-order valence-corrected chi connectivity index (χ0v) is 15.0. The van der Waals surface area contributed by atoms with Crippen molar-refractivity contribution in [2.24, 2.45) is 10.7 Å². The molecule has 4 rings (SSSR count). The molecule has 28 heavy (non-hydrogen) atoms. The maximum Gasteiger partial charge on any atom is 0.406 e. The summed E-state index contributed by atoms with van der Waals surface area (Å²) in [5, 5.41) is 0. The van der Waals surface area contributed by atoms with Crippen LogP contribution in [0.15, 0.2) is 53.5 Å². The van der Waals surface area contributed by atoms with E-state index in [4.69, 9.17) is 10.5 Å². The number of aliphatic imine (C=N–C) groups is 1. The van der Waals surface area contributed by atoms with E-state index in [1.807, 2.05) is 44.2 Å². The maximum atomic E-state index is 13.2. The SMILES string of the molecule is Bc1ccc2c(c1)C1(CC(c3ccccc3)O2)N=C(N)N(CC(F)(F)F)C1=O. The van der Waals surface area contributed by atoms with Gasteiger partial charge in [0.25, 0.3) is 5.91 Å². The molecule has 9 heteroatoms. The molecule has 2 aromatic rings. The molecule has 5 nitrogen and oxygen atoms in total. The summed E-state index contributed by atoms with van der Waals surface area (Å²) in [6.07, 6.45) is -5.05. The Labute approximate surface area is 160 Å². The molecule has 144 valence electrons. The smallest absolute Gasteiger partial charge is 0.406 e. The van der Waals surface area contributed by atoms with Crippen LogP contribution in [0.1, 0.15) is 23.7 Å². The number of alkyl halides is 3. The number of fused-ring (bicyclic) bond motifs is 2. The van der Waals surface area contributed by atoms with E-state index in [-0.39, 0.29) is 6.42 Å². The number of benzene rings is 2. The number of nitrogens with zero attached hydrogens (tertiary/aromatic N) is 2.